The van der Waals surface area contributed by atoms with Gasteiger partial charge in [-0.15, -0.1) is 11.3 Å². The third kappa shape index (κ3) is 4.05. The second-order valence-electron chi connectivity index (χ2n) is 5.05. The fraction of sp³-hybridized carbons (Fsp3) is 0.0526. The standard InChI is InChI=1S/C19H15NO4S/c1-23-19(22)17-16(11-12-25-17)24-15-9-7-14(8-10-15)20-18(21)13-5-3-2-4-6-13/h2-12H,1H3,(H,20,21). The van der Waals surface area contributed by atoms with Crippen molar-refractivity contribution in [2.45, 2.75) is 0 Å². The monoisotopic (exact) mass is 353 g/mol. The van der Waals surface area contributed by atoms with Gasteiger partial charge in [-0.2, -0.15) is 0 Å². The maximum Gasteiger partial charge on any atom is 0.351 e. The van der Waals surface area contributed by atoms with Crippen LogP contribution in [0.5, 0.6) is 11.5 Å². The van der Waals surface area contributed by atoms with E-state index in [4.69, 9.17) is 9.47 Å². The van der Waals surface area contributed by atoms with Gasteiger partial charge in [-0.25, -0.2) is 4.79 Å². The molecule has 5 nitrogen and oxygen atoms in total. The van der Waals surface area contributed by atoms with Crippen LogP contribution >= 0.6 is 11.3 Å². The Kier molecular flexibility index (Phi) is 5.11. The molecule has 126 valence electrons. The largest absolute Gasteiger partial charge is 0.465 e. The molecule has 0 saturated heterocycles. The molecule has 3 rings (SSSR count). The lowest BCUT2D eigenvalue weighted by atomic mass is 10.2. The average molecular weight is 353 g/mol. The first-order valence-corrected chi connectivity index (χ1v) is 8.35. The number of carbonyl (C=O) groups is 2. The highest BCUT2D eigenvalue weighted by atomic mass is 32.1. The van der Waals surface area contributed by atoms with Gasteiger partial charge in [0, 0.05) is 11.3 Å². The molecule has 0 saturated carbocycles. The van der Waals surface area contributed by atoms with Crippen LogP contribution in [0.1, 0.15) is 20.0 Å². The Balaban J connectivity index is 1.68. The topological polar surface area (TPSA) is 64.6 Å². The van der Waals surface area contributed by atoms with Crippen molar-refractivity contribution in [2.24, 2.45) is 0 Å². The Labute approximate surface area is 148 Å². The number of ether oxygens (including phenoxy) is 2. The molecule has 0 aliphatic heterocycles. The van der Waals surface area contributed by atoms with Crippen LogP contribution in [0.15, 0.2) is 66.0 Å². The predicted molar refractivity (Wildman–Crippen MR) is 96.6 cm³/mol. The number of amides is 1. The molecule has 1 heterocycles. The minimum Gasteiger partial charge on any atom is -0.465 e. The number of benzene rings is 2. The molecule has 0 radical (unpaired) electrons. The minimum absolute atomic E-state index is 0.180. The zero-order valence-corrected chi connectivity index (χ0v) is 14.2. The fourth-order valence-corrected chi connectivity index (χ4v) is 2.88. The number of esters is 1. The summed E-state index contributed by atoms with van der Waals surface area (Å²) in [6, 6.07) is 17.6. The van der Waals surface area contributed by atoms with E-state index in [1.807, 2.05) is 18.2 Å². The van der Waals surface area contributed by atoms with Crippen molar-refractivity contribution in [2.75, 3.05) is 12.4 Å². The molecule has 0 spiro atoms. The quantitative estimate of drug-likeness (QED) is 0.682. The molecule has 0 bridgehead atoms. The molecule has 1 amide bonds. The van der Waals surface area contributed by atoms with Gasteiger partial charge in [0.1, 0.15) is 5.75 Å². The van der Waals surface area contributed by atoms with E-state index in [1.165, 1.54) is 18.4 Å². The lowest BCUT2D eigenvalue weighted by molar-refractivity contribution is 0.0603. The van der Waals surface area contributed by atoms with Crippen LogP contribution in [0.3, 0.4) is 0 Å². The average Bonchev–Trinajstić information content (AvgIpc) is 3.11. The predicted octanol–water partition coefficient (Wildman–Crippen LogP) is 4.58. The van der Waals surface area contributed by atoms with Crippen LogP contribution < -0.4 is 10.1 Å². The van der Waals surface area contributed by atoms with Crippen molar-refractivity contribution in [1.82, 2.24) is 0 Å². The van der Waals surface area contributed by atoms with Crippen molar-refractivity contribution in [3.05, 3.63) is 76.5 Å². The smallest absolute Gasteiger partial charge is 0.351 e. The lowest BCUT2D eigenvalue weighted by Crippen LogP contribution is -2.11. The van der Waals surface area contributed by atoms with E-state index in [0.29, 0.717) is 27.6 Å². The number of nitrogens with one attached hydrogen (secondary N) is 1. The molecular weight excluding hydrogens is 338 g/mol. The SMILES string of the molecule is COC(=O)c1sccc1Oc1ccc(NC(=O)c2ccccc2)cc1. The molecule has 0 aliphatic rings. The maximum atomic E-state index is 12.1. The Morgan fingerprint density at radius 1 is 0.960 bits per heavy atom. The van der Waals surface area contributed by atoms with Crippen LogP contribution in [0.4, 0.5) is 5.69 Å². The van der Waals surface area contributed by atoms with Gasteiger partial charge in [-0.3, -0.25) is 4.79 Å². The summed E-state index contributed by atoms with van der Waals surface area (Å²) in [5.74, 6) is 0.385. The molecule has 0 unspecified atom stereocenters. The summed E-state index contributed by atoms with van der Waals surface area (Å²) < 4.78 is 10.4. The summed E-state index contributed by atoms with van der Waals surface area (Å²) in [6.07, 6.45) is 0. The number of anilines is 1. The van der Waals surface area contributed by atoms with Gasteiger partial charge < -0.3 is 14.8 Å². The third-order valence-electron chi connectivity index (χ3n) is 3.38. The Morgan fingerprint density at radius 3 is 2.36 bits per heavy atom. The number of methoxy groups -OCH3 is 1. The molecule has 6 heteroatoms. The first-order chi connectivity index (χ1) is 12.2. The van der Waals surface area contributed by atoms with Gasteiger partial charge in [0.05, 0.1) is 7.11 Å². The summed E-state index contributed by atoms with van der Waals surface area (Å²) in [5, 5.41) is 4.58. The van der Waals surface area contributed by atoms with Gasteiger partial charge in [0.15, 0.2) is 10.6 Å². The molecule has 0 atom stereocenters. The number of thiophene rings is 1. The first-order valence-electron chi connectivity index (χ1n) is 7.47. The highest BCUT2D eigenvalue weighted by molar-refractivity contribution is 7.12. The molecule has 0 fully saturated rings. The number of hydrogen-bond donors (Lipinski definition) is 1. The summed E-state index contributed by atoms with van der Waals surface area (Å²) in [6.45, 7) is 0. The van der Waals surface area contributed by atoms with Crippen LogP contribution in [0, 0.1) is 0 Å². The van der Waals surface area contributed by atoms with Gasteiger partial charge in [-0.1, -0.05) is 18.2 Å². The van der Waals surface area contributed by atoms with E-state index < -0.39 is 5.97 Å². The van der Waals surface area contributed by atoms with Crippen LogP contribution in [-0.2, 0) is 4.74 Å². The van der Waals surface area contributed by atoms with Crippen LogP contribution in [-0.4, -0.2) is 19.0 Å². The van der Waals surface area contributed by atoms with Crippen LogP contribution in [0.25, 0.3) is 0 Å². The zero-order valence-electron chi connectivity index (χ0n) is 13.4. The summed E-state index contributed by atoms with van der Waals surface area (Å²) in [4.78, 5) is 24.2. The first kappa shape index (κ1) is 16.7. The maximum absolute atomic E-state index is 12.1. The van der Waals surface area contributed by atoms with E-state index in [1.54, 1.807) is 47.8 Å². The summed E-state index contributed by atoms with van der Waals surface area (Å²) >= 11 is 1.25. The molecular formula is C19H15NO4S. The van der Waals surface area contributed by atoms with E-state index in [0.717, 1.165) is 0 Å². The molecule has 3 aromatic rings. The number of hydrogen-bond acceptors (Lipinski definition) is 5. The van der Waals surface area contributed by atoms with E-state index in [-0.39, 0.29) is 5.91 Å². The lowest BCUT2D eigenvalue weighted by Gasteiger charge is -2.08. The minimum atomic E-state index is -0.434. The second kappa shape index (κ2) is 7.63. The van der Waals surface area contributed by atoms with Gasteiger partial charge in [-0.05, 0) is 47.8 Å². The van der Waals surface area contributed by atoms with Gasteiger partial charge in [0.25, 0.3) is 5.91 Å². The van der Waals surface area contributed by atoms with Crippen molar-refractivity contribution in [3.63, 3.8) is 0 Å². The highest BCUT2D eigenvalue weighted by Gasteiger charge is 2.15. The summed E-state index contributed by atoms with van der Waals surface area (Å²) in [5.41, 5.74) is 1.24. The van der Waals surface area contributed by atoms with E-state index >= 15 is 0 Å². The normalized spacial score (nSPS) is 10.1. The van der Waals surface area contributed by atoms with Gasteiger partial charge in [0.2, 0.25) is 0 Å². The van der Waals surface area contributed by atoms with Gasteiger partial charge >= 0.3 is 5.97 Å². The summed E-state index contributed by atoms with van der Waals surface area (Å²) in [7, 11) is 1.33. The van der Waals surface area contributed by atoms with Crippen molar-refractivity contribution in [3.8, 4) is 11.5 Å². The molecule has 2 aromatic carbocycles. The van der Waals surface area contributed by atoms with Crippen molar-refractivity contribution >= 4 is 28.9 Å². The Morgan fingerprint density at radius 2 is 1.68 bits per heavy atom. The second-order valence-corrected chi connectivity index (χ2v) is 5.97. The Hall–Kier alpha value is -3.12. The molecule has 0 aliphatic carbocycles. The van der Waals surface area contributed by atoms with E-state index in [9.17, 15) is 9.59 Å². The fourth-order valence-electron chi connectivity index (χ4n) is 2.15. The zero-order chi connectivity index (χ0) is 17.6. The van der Waals surface area contributed by atoms with Crippen molar-refractivity contribution < 1.29 is 19.1 Å². The molecule has 25 heavy (non-hydrogen) atoms. The highest BCUT2D eigenvalue weighted by Crippen LogP contribution is 2.30. The molecule has 1 N–H and O–H groups in total. The van der Waals surface area contributed by atoms with Crippen molar-refractivity contribution in [1.29, 1.82) is 0 Å². The Bertz CT molecular complexity index is 872. The number of carbonyl (C=O) groups excluding carboxylic acids is 2. The number of rotatable bonds is 5. The van der Waals surface area contributed by atoms with E-state index in [2.05, 4.69) is 5.32 Å². The molecule has 1 aromatic heterocycles. The van der Waals surface area contributed by atoms with Crippen LogP contribution in [0.2, 0.25) is 0 Å². The third-order valence-corrected chi connectivity index (χ3v) is 4.25.